The lowest BCUT2D eigenvalue weighted by atomic mass is 10.2. The molecule has 5 nitrogen and oxygen atoms in total. The fraction of sp³-hybridized carbons (Fsp3) is 0.286. The van der Waals surface area contributed by atoms with E-state index in [4.69, 9.17) is 0 Å². The van der Waals surface area contributed by atoms with Crippen LogP contribution in [0.15, 0.2) is 36.5 Å². The van der Waals surface area contributed by atoms with Gasteiger partial charge in [0.2, 0.25) is 0 Å². The Morgan fingerprint density at radius 2 is 1.95 bits per heavy atom. The van der Waals surface area contributed by atoms with Crippen molar-refractivity contribution in [3.63, 3.8) is 0 Å². The fourth-order valence-electron chi connectivity index (χ4n) is 1.96. The summed E-state index contributed by atoms with van der Waals surface area (Å²) in [6.07, 6.45) is -2.47. The highest BCUT2D eigenvalue weighted by atomic mass is 19.4. The number of halogens is 3. The Hall–Kier alpha value is -2.51. The summed E-state index contributed by atoms with van der Waals surface area (Å²) < 4.78 is 37.8. The second-order valence-corrected chi connectivity index (χ2v) is 4.53. The van der Waals surface area contributed by atoms with E-state index >= 15 is 0 Å². The Balaban J connectivity index is 2.13. The summed E-state index contributed by atoms with van der Waals surface area (Å²) in [4.78, 5) is 11.5. The van der Waals surface area contributed by atoms with E-state index < -0.39 is 18.8 Å². The summed E-state index contributed by atoms with van der Waals surface area (Å²) in [6, 6.07) is 8.33. The molecule has 0 saturated heterocycles. The number of carbonyl (C=O) groups excluding carboxylic acids is 1. The molecule has 0 bridgehead atoms. The first kappa shape index (κ1) is 15.9. The fourth-order valence-corrected chi connectivity index (χ4v) is 1.96. The molecule has 1 heterocycles. The van der Waals surface area contributed by atoms with Crippen molar-refractivity contribution in [2.24, 2.45) is 0 Å². The Morgan fingerprint density at radius 3 is 2.55 bits per heavy atom. The van der Waals surface area contributed by atoms with Gasteiger partial charge in [-0.15, -0.1) is 0 Å². The van der Waals surface area contributed by atoms with Gasteiger partial charge in [-0.2, -0.15) is 18.3 Å². The maximum absolute atomic E-state index is 12.1. The lowest BCUT2D eigenvalue weighted by Gasteiger charge is -2.11. The Morgan fingerprint density at radius 1 is 1.27 bits per heavy atom. The van der Waals surface area contributed by atoms with Crippen molar-refractivity contribution in [2.75, 3.05) is 11.9 Å². The third-order valence-corrected chi connectivity index (χ3v) is 2.90. The van der Waals surface area contributed by atoms with Gasteiger partial charge in [0.05, 0.1) is 23.3 Å². The number of benzene rings is 1. The Labute approximate surface area is 125 Å². The smallest absolute Gasteiger partial charge is 0.329 e. The molecule has 2 amide bonds. The summed E-state index contributed by atoms with van der Waals surface area (Å²) >= 11 is 0. The predicted molar refractivity (Wildman–Crippen MR) is 76.0 cm³/mol. The van der Waals surface area contributed by atoms with Crippen molar-refractivity contribution in [2.45, 2.75) is 19.5 Å². The molecular formula is C14H15F3N4O. The quantitative estimate of drug-likeness (QED) is 0.911. The molecule has 1 aromatic carbocycles. The molecular weight excluding hydrogens is 297 g/mol. The zero-order valence-electron chi connectivity index (χ0n) is 11.8. The van der Waals surface area contributed by atoms with Crippen molar-refractivity contribution in [3.05, 3.63) is 42.2 Å². The number of hydrogen-bond donors (Lipinski definition) is 2. The van der Waals surface area contributed by atoms with E-state index in [-0.39, 0.29) is 0 Å². The maximum Gasteiger partial charge on any atom is 0.405 e. The van der Waals surface area contributed by atoms with Gasteiger partial charge in [0.1, 0.15) is 6.54 Å². The van der Waals surface area contributed by atoms with Crippen LogP contribution >= 0.6 is 0 Å². The van der Waals surface area contributed by atoms with Gasteiger partial charge in [0, 0.05) is 0 Å². The number of nitrogens with one attached hydrogen (secondary N) is 2. The highest BCUT2D eigenvalue weighted by Crippen LogP contribution is 2.20. The zero-order valence-corrected chi connectivity index (χ0v) is 11.8. The largest absolute Gasteiger partial charge is 0.405 e. The molecule has 0 fully saturated rings. The molecule has 0 aliphatic carbocycles. The summed E-state index contributed by atoms with van der Waals surface area (Å²) in [5.74, 6) is 0. The Kier molecular flexibility index (Phi) is 4.69. The van der Waals surface area contributed by atoms with Crippen LogP contribution in [0.3, 0.4) is 0 Å². The number of amides is 2. The van der Waals surface area contributed by atoms with E-state index in [0.29, 0.717) is 17.8 Å². The van der Waals surface area contributed by atoms with E-state index in [0.717, 1.165) is 5.69 Å². The highest BCUT2D eigenvalue weighted by molar-refractivity contribution is 5.89. The molecule has 22 heavy (non-hydrogen) atoms. The molecule has 0 atom stereocenters. The third kappa shape index (κ3) is 4.00. The number of aromatic nitrogens is 2. The first-order chi connectivity index (χ1) is 10.4. The van der Waals surface area contributed by atoms with Gasteiger partial charge in [0.25, 0.3) is 0 Å². The molecule has 1 aromatic heterocycles. The van der Waals surface area contributed by atoms with Crippen LogP contribution in [0, 0.1) is 0 Å². The lowest BCUT2D eigenvalue weighted by molar-refractivity contribution is -0.122. The second-order valence-electron chi connectivity index (χ2n) is 4.53. The zero-order chi connectivity index (χ0) is 16.2. The minimum atomic E-state index is -4.45. The van der Waals surface area contributed by atoms with Gasteiger partial charge in [-0.3, -0.25) is 0 Å². The number of carbonyl (C=O) groups is 1. The van der Waals surface area contributed by atoms with Crippen LogP contribution in [0.25, 0.3) is 5.69 Å². The molecule has 118 valence electrons. The first-order valence-electron chi connectivity index (χ1n) is 6.64. The number of anilines is 1. The first-order valence-corrected chi connectivity index (χ1v) is 6.64. The number of hydrogen-bond acceptors (Lipinski definition) is 2. The van der Waals surface area contributed by atoms with E-state index in [1.807, 2.05) is 37.3 Å². The molecule has 0 radical (unpaired) electrons. The van der Waals surface area contributed by atoms with Gasteiger partial charge >= 0.3 is 12.2 Å². The van der Waals surface area contributed by atoms with Crippen molar-refractivity contribution in [3.8, 4) is 5.69 Å². The van der Waals surface area contributed by atoms with Crippen LogP contribution in [-0.4, -0.2) is 28.5 Å². The average Bonchev–Trinajstić information content (AvgIpc) is 2.88. The molecule has 2 N–H and O–H groups in total. The standard InChI is InChI=1S/C14H15F3N4O/c1-2-12-11(20-13(22)18-9-14(15,16)17)8-19-21(12)10-6-4-3-5-7-10/h3-8H,2,9H2,1H3,(H2,18,20,22). The van der Waals surface area contributed by atoms with E-state index in [9.17, 15) is 18.0 Å². The van der Waals surface area contributed by atoms with Gasteiger partial charge in [-0.25, -0.2) is 9.48 Å². The van der Waals surface area contributed by atoms with E-state index in [2.05, 4.69) is 10.4 Å². The number of alkyl halides is 3. The van der Waals surface area contributed by atoms with Crippen LogP contribution < -0.4 is 10.6 Å². The highest BCUT2D eigenvalue weighted by Gasteiger charge is 2.27. The van der Waals surface area contributed by atoms with E-state index in [1.165, 1.54) is 6.20 Å². The number of nitrogens with zero attached hydrogens (tertiary/aromatic N) is 2. The topological polar surface area (TPSA) is 59.0 Å². The van der Waals surface area contributed by atoms with Crippen molar-refractivity contribution in [1.29, 1.82) is 0 Å². The molecule has 0 aliphatic rings. The normalized spacial score (nSPS) is 11.3. The summed E-state index contributed by atoms with van der Waals surface area (Å²) in [5, 5.41) is 8.32. The van der Waals surface area contributed by atoms with Crippen LogP contribution in [0.2, 0.25) is 0 Å². The minimum absolute atomic E-state index is 0.381. The van der Waals surface area contributed by atoms with Gasteiger partial charge < -0.3 is 10.6 Å². The number of urea groups is 1. The monoisotopic (exact) mass is 312 g/mol. The number of rotatable bonds is 4. The molecule has 8 heteroatoms. The SMILES string of the molecule is CCc1c(NC(=O)NCC(F)(F)F)cnn1-c1ccccc1. The number of para-hydroxylation sites is 1. The van der Waals surface area contributed by atoms with Crippen LogP contribution in [0.5, 0.6) is 0 Å². The second kappa shape index (κ2) is 6.50. The molecule has 0 spiro atoms. The molecule has 2 rings (SSSR count). The maximum atomic E-state index is 12.1. The molecule has 2 aromatic rings. The van der Waals surface area contributed by atoms with Crippen LogP contribution in [0.1, 0.15) is 12.6 Å². The minimum Gasteiger partial charge on any atom is -0.329 e. The van der Waals surface area contributed by atoms with Crippen LogP contribution in [-0.2, 0) is 6.42 Å². The van der Waals surface area contributed by atoms with Crippen LogP contribution in [0.4, 0.5) is 23.7 Å². The van der Waals surface area contributed by atoms with Gasteiger partial charge in [0.15, 0.2) is 0 Å². The van der Waals surface area contributed by atoms with Crippen molar-refractivity contribution < 1.29 is 18.0 Å². The average molecular weight is 312 g/mol. The predicted octanol–water partition coefficient (Wildman–Crippen LogP) is 3.12. The summed E-state index contributed by atoms with van der Waals surface area (Å²) in [7, 11) is 0. The van der Waals surface area contributed by atoms with Gasteiger partial charge in [-0.05, 0) is 18.6 Å². The van der Waals surface area contributed by atoms with E-state index in [1.54, 1.807) is 10.00 Å². The molecule has 0 unspecified atom stereocenters. The van der Waals surface area contributed by atoms with Crippen molar-refractivity contribution in [1.82, 2.24) is 15.1 Å². The Bertz CT molecular complexity index is 637. The third-order valence-electron chi connectivity index (χ3n) is 2.90. The lowest BCUT2D eigenvalue weighted by Crippen LogP contribution is -2.36. The summed E-state index contributed by atoms with van der Waals surface area (Å²) in [6.45, 7) is 0.488. The summed E-state index contributed by atoms with van der Waals surface area (Å²) in [5.41, 5.74) is 1.89. The van der Waals surface area contributed by atoms with Gasteiger partial charge in [-0.1, -0.05) is 25.1 Å². The molecule has 0 aliphatic heterocycles. The van der Waals surface area contributed by atoms with Crippen molar-refractivity contribution >= 4 is 11.7 Å². The molecule has 0 saturated carbocycles.